The van der Waals surface area contributed by atoms with Gasteiger partial charge in [0.05, 0.1) is 0 Å². The highest BCUT2D eigenvalue weighted by atomic mass is 31.1. The van der Waals surface area contributed by atoms with Gasteiger partial charge in [-0.15, -0.1) is 0 Å². The molecule has 1 unspecified atom stereocenters. The molecule has 0 bridgehead atoms. The first-order valence-corrected chi connectivity index (χ1v) is 3.57. The highest BCUT2D eigenvalue weighted by Gasteiger charge is 2.02. The van der Waals surface area contributed by atoms with Gasteiger partial charge in [-0.05, 0) is 17.9 Å². The van der Waals surface area contributed by atoms with Crippen LogP contribution in [0.3, 0.4) is 0 Å². The minimum absolute atomic E-state index is 1.14. The monoisotopic (exact) mass is 100 g/mol. The number of rotatable bonds is 2. The summed E-state index contributed by atoms with van der Waals surface area (Å²) in [5.41, 5.74) is 0. The Kier molecular flexibility index (Phi) is 1.26. The molecule has 0 amide bonds. The normalized spacial score (nSPS) is 19.2. The second kappa shape index (κ2) is 1.75. The maximum Gasteiger partial charge on any atom is -0.00924 e. The van der Waals surface area contributed by atoms with Crippen LogP contribution in [0.25, 0.3) is 0 Å². The standard InChI is InChI=1S/C5H9P/c1-2-6-5-3-4-5/h3,6H,2,4H2,1H3. The summed E-state index contributed by atoms with van der Waals surface area (Å²) < 4.78 is 0. The Bertz CT molecular complexity index is 74.0. The lowest BCUT2D eigenvalue weighted by atomic mass is 10.9. The van der Waals surface area contributed by atoms with Crippen LogP contribution in [-0.4, -0.2) is 6.16 Å². The van der Waals surface area contributed by atoms with Gasteiger partial charge in [0.2, 0.25) is 0 Å². The first-order valence-electron chi connectivity index (χ1n) is 2.36. The third kappa shape index (κ3) is 1.10. The van der Waals surface area contributed by atoms with E-state index in [1.54, 1.807) is 5.31 Å². The Balaban J connectivity index is 2.02. The van der Waals surface area contributed by atoms with Crippen LogP contribution in [-0.2, 0) is 0 Å². The van der Waals surface area contributed by atoms with Gasteiger partial charge in [-0.25, -0.2) is 0 Å². The van der Waals surface area contributed by atoms with Crippen molar-refractivity contribution < 1.29 is 0 Å². The first-order chi connectivity index (χ1) is 2.93. The van der Waals surface area contributed by atoms with Crippen LogP contribution in [0.2, 0.25) is 0 Å². The molecule has 6 heavy (non-hydrogen) atoms. The molecule has 1 aliphatic carbocycles. The van der Waals surface area contributed by atoms with Gasteiger partial charge in [0.1, 0.15) is 0 Å². The van der Waals surface area contributed by atoms with E-state index in [9.17, 15) is 0 Å². The van der Waals surface area contributed by atoms with Gasteiger partial charge in [-0.1, -0.05) is 21.6 Å². The van der Waals surface area contributed by atoms with E-state index in [2.05, 4.69) is 13.0 Å². The van der Waals surface area contributed by atoms with Crippen molar-refractivity contribution in [2.45, 2.75) is 13.3 Å². The Morgan fingerprint density at radius 2 is 2.67 bits per heavy atom. The topological polar surface area (TPSA) is 0 Å². The van der Waals surface area contributed by atoms with E-state index < -0.39 is 0 Å². The summed E-state index contributed by atoms with van der Waals surface area (Å²) in [7, 11) is 1.14. The zero-order valence-electron chi connectivity index (χ0n) is 3.99. The lowest BCUT2D eigenvalue weighted by Gasteiger charge is -1.79. The molecule has 34 valence electrons. The molecule has 1 aliphatic rings. The fourth-order valence-corrected chi connectivity index (χ4v) is 1.27. The summed E-state index contributed by atoms with van der Waals surface area (Å²) in [4.78, 5) is 0. The number of allylic oxidation sites excluding steroid dienone is 2. The molecule has 0 aliphatic heterocycles. The van der Waals surface area contributed by atoms with Crippen molar-refractivity contribution in [2.24, 2.45) is 0 Å². The van der Waals surface area contributed by atoms with Crippen molar-refractivity contribution in [1.29, 1.82) is 0 Å². The van der Waals surface area contributed by atoms with Crippen LogP contribution in [0.1, 0.15) is 13.3 Å². The number of hydrogen-bond acceptors (Lipinski definition) is 0. The van der Waals surface area contributed by atoms with Crippen LogP contribution in [0.5, 0.6) is 0 Å². The molecular weight excluding hydrogens is 91.0 g/mol. The van der Waals surface area contributed by atoms with Crippen molar-refractivity contribution in [2.75, 3.05) is 6.16 Å². The average molecular weight is 100 g/mol. The minimum atomic E-state index is 1.14. The molecule has 0 N–H and O–H groups in total. The number of hydrogen-bond donors (Lipinski definition) is 0. The molecule has 0 fully saturated rings. The molecular formula is C5H9P. The summed E-state index contributed by atoms with van der Waals surface area (Å²) in [6, 6.07) is 0. The molecule has 0 aromatic rings. The zero-order valence-corrected chi connectivity index (χ0v) is 4.99. The molecule has 0 spiro atoms. The quantitative estimate of drug-likeness (QED) is 0.465. The first kappa shape index (κ1) is 4.33. The van der Waals surface area contributed by atoms with Crippen molar-refractivity contribution >= 4 is 8.58 Å². The summed E-state index contributed by atoms with van der Waals surface area (Å²) in [6.45, 7) is 2.23. The van der Waals surface area contributed by atoms with Gasteiger partial charge in [0.15, 0.2) is 0 Å². The second-order valence-electron chi connectivity index (χ2n) is 1.46. The van der Waals surface area contributed by atoms with Crippen LogP contribution < -0.4 is 0 Å². The van der Waals surface area contributed by atoms with Gasteiger partial charge >= 0.3 is 0 Å². The van der Waals surface area contributed by atoms with Crippen molar-refractivity contribution in [3.63, 3.8) is 0 Å². The third-order valence-corrected chi connectivity index (χ3v) is 2.03. The van der Waals surface area contributed by atoms with E-state index in [0.29, 0.717) is 0 Å². The van der Waals surface area contributed by atoms with Crippen LogP contribution in [0.4, 0.5) is 0 Å². The summed E-state index contributed by atoms with van der Waals surface area (Å²) >= 11 is 0. The van der Waals surface area contributed by atoms with Crippen LogP contribution >= 0.6 is 8.58 Å². The molecule has 1 heteroatoms. The Labute approximate surface area is 40.4 Å². The van der Waals surface area contributed by atoms with Crippen LogP contribution in [0.15, 0.2) is 11.4 Å². The zero-order chi connectivity index (χ0) is 4.41. The van der Waals surface area contributed by atoms with Crippen LogP contribution in [0, 0.1) is 0 Å². The van der Waals surface area contributed by atoms with Gasteiger partial charge in [0, 0.05) is 0 Å². The molecule has 0 heterocycles. The smallest absolute Gasteiger partial charge is 0.00924 e. The van der Waals surface area contributed by atoms with Gasteiger partial charge in [0.25, 0.3) is 0 Å². The molecule has 1 atom stereocenters. The van der Waals surface area contributed by atoms with Crippen molar-refractivity contribution in [1.82, 2.24) is 0 Å². The lowest BCUT2D eigenvalue weighted by molar-refractivity contribution is 1.51. The fraction of sp³-hybridized carbons (Fsp3) is 0.600. The molecule has 1 rings (SSSR count). The lowest BCUT2D eigenvalue weighted by Crippen LogP contribution is -1.51. The highest BCUT2D eigenvalue weighted by Crippen LogP contribution is 2.36. The Hall–Kier alpha value is 0.170. The van der Waals surface area contributed by atoms with Gasteiger partial charge in [-0.2, -0.15) is 0 Å². The predicted molar refractivity (Wildman–Crippen MR) is 31.6 cm³/mol. The van der Waals surface area contributed by atoms with E-state index in [1.165, 1.54) is 12.6 Å². The largest absolute Gasteiger partial charge is 0.0951 e. The summed E-state index contributed by atoms with van der Waals surface area (Å²) in [5.74, 6) is 0. The minimum Gasteiger partial charge on any atom is -0.0951 e. The summed E-state index contributed by atoms with van der Waals surface area (Å²) in [5, 5.41) is 1.69. The Morgan fingerprint density at radius 1 is 2.00 bits per heavy atom. The third-order valence-electron chi connectivity index (χ3n) is 0.812. The molecule has 0 saturated carbocycles. The Morgan fingerprint density at radius 3 is 2.83 bits per heavy atom. The van der Waals surface area contributed by atoms with E-state index >= 15 is 0 Å². The van der Waals surface area contributed by atoms with Gasteiger partial charge < -0.3 is 0 Å². The van der Waals surface area contributed by atoms with E-state index in [-0.39, 0.29) is 0 Å². The molecule has 0 radical (unpaired) electrons. The molecule has 0 aromatic heterocycles. The molecule has 0 aromatic carbocycles. The van der Waals surface area contributed by atoms with E-state index in [4.69, 9.17) is 0 Å². The summed E-state index contributed by atoms with van der Waals surface area (Å²) in [6.07, 6.45) is 4.99. The average Bonchev–Trinajstić information content (AvgIpc) is 2.21. The van der Waals surface area contributed by atoms with E-state index in [0.717, 1.165) is 8.58 Å². The fourth-order valence-electron chi connectivity index (χ4n) is 0.422. The molecule has 0 saturated heterocycles. The maximum atomic E-state index is 2.31. The predicted octanol–water partition coefficient (Wildman–Crippen LogP) is 1.97. The highest BCUT2D eigenvalue weighted by molar-refractivity contribution is 7.43. The van der Waals surface area contributed by atoms with Gasteiger partial charge in [-0.3, -0.25) is 0 Å². The second-order valence-corrected chi connectivity index (χ2v) is 3.17. The van der Waals surface area contributed by atoms with Crippen molar-refractivity contribution in [3.8, 4) is 0 Å². The SMILES string of the molecule is CCPC1=CC1. The molecule has 0 nitrogen and oxygen atoms in total. The van der Waals surface area contributed by atoms with Crippen molar-refractivity contribution in [3.05, 3.63) is 11.4 Å². The van der Waals surface area contributed by atoms with E-state index in [1.807, 2.05) is 0 Å². The maximum absolute atomic E-state index is 2.31.